The van der Waals surface area contributed by atoms with E-state index in [0.29, 0.717) is 5.56 Å². The number of nitrogens with two attached hydrogens (primary N) is 1. The van der Waals surface area contributed by atoms with Gasteiger partial charge in [-0.15, -0.1) is 0 Å². The van der Waals surface area contributed by atoms with Crippen molar-refractivity contribution in [2.24, 2.45) is 0 Å². The van der Waals surface area contributed by atoms with Gasteiger partial charge in [-0.25, -0.2) is 9.37 Å². The summed E-state index contributed by atoms with van der Waals surface area (Å²) >= 11 is 5.63. The standard InChI is InChI=1S/C12H11ClFN3O2/c1-19-9-3-2-7(4-8(9)14)5-17-6-16-11(13)10(15)12(17)18/h2-4,6H,5,15H2,1H3. The third-order valence-electron chi connectivity index (χ3n) is 2.59. The highest BCUT2D eigenvalue weighted by Crippen LogP contribution is 2.18. The lowest BCUT2D eigenvalue weighted by Gasteiger charge is -2.08. The summed E-state index contributed by atoms with van der Waals surface area (Å²) < 4.78 is 19.6. The number of hydrogen-bond donors (Lipinski definition) is 1. The van der Waals surface area contributed by atoms with Crippen LogP contribution in [0.25, 0.3) is 0 Å². The van der Waals surface area contributed by atoms with Crippen LogP contribution in [-0.4, -0.2) is 16.7 Å². The van der Waals surface area contributed by atoms with Crippen LogP contribution in [0, 0.1) is 5.82 Å². The molecule has 19 heavy (non-hydrogen) atoms. The van der Waals surface area contributed by atoms with E-state index < -0.39 is 11.4 Å². The molecule has 0 saturated carbocycles. The van der Waals surface area contributed by atoms with Crippen LogP contribution in [0.1, 0.15) is 5.56 Å². The van der Waals surface area contributed by atoms with Crippen LogP contribution in [0.3, 0.4) is 0 Å². The Labute approximate surface area is 113 Å². The van der Waals surface area contributed by atoms with Gasteiger partial charge in [0.15, 0.2) is 16.7 Å². The van der Waals surface area contributed by atoms with Crippen molar-refractivity contribution in [3.63, 3.8) is 0 Å². The van der Waals surface area contributed by atoms with E-state index in [1.807, 2.05) is 0 Å². The highest BCUT2D eigenvalue weighted by Gasteiger charge is 2.08. The highest BCUT2D eigenvalue weighted by atomic mass is 35.5. The quantitative estimate of drug-likeness (QED) is 0.870. The molecular weight excluding hydrogens is 273 g/mol. The maximum absolute atomic E-state index is 13.5. The molecule has 2 rings (SSSR count). The topological polar surface area (TPSA) is 70.1 Å². The van der Waals surface area contributed by atoms with Crippen LogP contribution in [0.15, 0.2) is 29.3 Å². The molecule has 0 atom stereocenters. The molecule has 0 spiro atoms. The van der Waals surface area contributed by atoms with E-state index in [1.165, 1.54) is 30.1 Å². The van der Waals surface area contributed by atoms with Crippen molar-refractivity contribution in [3.8, 4) is 5.75 Å². The number of anilines is 1. The Kier molecular flexibility index (Phi) is 3.71. The minimum atomic E-state index is -0.497. The van der Waals surface area contributed by atoms with Gasteiger partial charge < -0.3 is 10.5 Å². The summed E-state index contributed by atoms with van der Waals surface area (Å²) in [4.78, 5) is 15.6. The predicted octanol–water partition coefficient (Wildman–Crippen LogP) is 1.67. The minimum absolute atomic E-state index is 0.0397. The number of rotatable bonds is 3. The van der Waals surface area contributed by atoms with E-state index in [-0.39, 0.29) is 23.1 Å². The van der Waals surface area contributed by atoms with Gasteiger partial charge in [-0.05, 0) is 17.7 Å². The molecule has 5 nitrogen and oxygen atoms in total. The van der Waals surface area contributed by atoms with E-state index in [2.05, 4.69) is 4.98 Å². The first kappa shape index (κ1) is 13.4. The molecule has 2 aromatic rings. The molecule has 0 amide bonds. The second kappa shape index (κ2) is 5.27. The van der Waals surface area contributed by atoms with Crippen LogP contribution >= 0.6 is 11.6 Å². The Balaban J connectivity index is 2.34. The fourth-order valence-corrected chi connectivity index (χ4v) is 1.73. The molecule has 1 heterocycles. The second-order valence-corrected chi connectivity index (χ2v) is 4.21. The van der Waals surface area contributed by atoms with Gasteiger partial charge >= 0.3 is 0 Å². The highest BCUT2D eigenvalue weighted by molar-refractivity contribution is 6.31. The molecule has 0 aliphatic heterocycles. The Morgan fingerprint density at radius 1 is 1.53 bits per heavy atom. The van der Waals surface area contributed by atoms with Gasteiger partial charge in [0.1, 0.15) is 5.69 Å². The maximum Gasteiger partial charge on any atom is 0.278 e. The molecule has 0 aliphatic carbocycles. The third-order valence-corrected chi connectivity index (χ3v) is 2.89. The molecule has 100 valence electrons. The molecule has 7 heteroatoms. The Hall–Kier alpha value is -2.08. The number of ether oxygens (including phenoxy) is 1. The summed E-state index contributed by atoms with van der Waals surface area (Å²) in [7, 11) is 1.38. The average molecular weight is 284 g/mol. The molecular formula is C12H11ClFN3O2. The fraction of sp³-hybridized carbons (Fsp3) is 0.167. The summed E-state index contributed by atoms with van der Waals surface area (Å²) in [6.45, 7) is 0.147. The molecule has 0 bridgehead atoms. The first-order valence-corrected chi connectivity index (χ1v) is 5.73. The minimum Gasteiger partial charge on any atom is -0.494 e. The van der Waals surface area contributed by atoms with Crippen molar-refractivity contribution in [1.29, 1.82) is 0 Å². The summed E-state index contributed by atoms with van der Waals surface area (Å²) in [6.07, 6.45) is 1.27. The van der Waals surface area contributed by atoms with Crippen molar-refractivity contribution >= 4 is 17.3 Å². The molecule has 1 aromatic heterocycles. The summed E-state index contributed by atoms with van der Waals surface area (Å²) in [5.74, 6) is -0.354. The van der Waals surface area contributed by atoms with Gasteiger partial charge in [-0.3, -0.25) is 9.36 Å². The summed E-state index contributed by atoms with van der Waals surface area (Å²) in [5.41, 5.74) is 5.49. The Bertz CT molecular complexity index is 673. The van der Waals surface area contributed by atoms with E-state index in [9.17, 15) is 9.18 Å². The van der Waals surface area contributed by atoms with Crippen molar-refractivity contribution in [1.82, 2.24) is 9.55 Å². The number of nitrogen functional groups attached to an aromatic ring is 1. The number of hydrogen-bond acceptors (Lipinski definition) is 4. The summed E-state index contributed by atoms with van der Waals surface area (Å²) in [5, 5.41) is -0.0397. The van der Waals surface area contributed by atoms with Crippen LogP contribution in [0.4, 0.5) is 10.1 Å². The van der Waals surface area contributed by atoms with E-state index in [4.69, 9.17) is 22.1 Å². The van der Waals surface area contributed by atoms with E-state index in [1.54, 1.807) is 6.07 Å². The number of aromatic nitrogens is 2. The smallest absolute Gasteiger partial charge is 0.278 e. The first-order valence-electron chi connectivity index (χ1n) is 5.35. The maximum atomic E-state index is 13.5. The molecule has 0 fully saturated rings. The van der Waals surface area contributed by atoms with Crippen molar-refractivity contribution in [2.75, 3.05) is 12.8 Å². The predicted molar refractivity (Wildman–Crippen MR) is 70.0 cm³/mol. The first-order chi connectivity index (χ1) is 9.02. The lowest BCUT2D eigenvalue weighted by Crippen LogP contribution is -2.24. The largest absolute Gasteiger partial charge is 0.494 e. The normalized spacial score (nSPS) is 10.5. The Morgan fingerprint density at radius 3 is 2.89 bits per heavy atom. The monoisotopic (exact) mass is 283 g/mol. The molecule has 1 aromatic carbocycles. The van der Waals surface area contributed by atoms with E-state index in [0.717, 1.165) is 0 Å². The Morgan fingerprint density at radius 2 is 2.26 bits per heavy atom. The SMILES string of the molecule is COc1ccc(Cn2cnc(Cl)c(N)c2=O)cc1F. The molecule has 0 radical (unpaired) electrons. The second-order valence-electron chi connectivity index (χ2n) is 3.85. The van der Waals surface area contributed by atoms with Crippen LogP contribution in [-0.2, 0) is 6.54 Å². The van der Waals surface area contributed by atoms with Crippen LogP contribution < -0.4 is 16.0 Å². The molecule has 0 unspecified atom stereocenters. The molecule has 2 N–H and O–H groups in total. The number of halogens is 2. The van der Waals surface area contributed by atoms with E-state index >= 15 is 0 Å². The van der Waals surface area contributed by atoms with Crippen molar-refractivity contribution in [2.45, 2.75) is 6.54 Å². The van der Waals surface area contributed by atoms with Gasteiger partial charge in [0.2, 0.25) is 0 Å². The lowest BCUT2D eigenvalue weighted by molar-refractivity contribution is 0.386. The zero-order valence-corrected chi connectivity index (χ0v) is 10.8. The summed E-state index contributed by atoms with van der Waals surface area (Å²) in [6, 6.07) is 4.43. The van der Waals surface area contributed by atoms with Crippen LogP contribution in [0.5, 0.6) is 5.75 Å². The number of benzene rings is 1. The van der Waals surface area contributed by atoms with Gasteiger partial charge in [0.25, 0.3) is 5.56 Å². The number of methoxy groups -OCH3 is 1. The van der Waals surface area contributed by atoms with Gasteiger partial charge in [0.05, 0.1) is 20.0 Å². The van der Waals surface area contributed by atoms with Gasteiger partial charge in [-0.1, -0.05) is 17.7 Å². The van der Waals surface area contributed by atoms with Crippen molar-refractivity contribution in [3.05, 3.63) is 51.4 Å². The zero-order valence-electron chi connectivity index (χ0n) is 10.1. The van der Waals surface area contributed by atoms with Crippen molar-refractivity contribution < 1.29 is 9.13 Å². The molecule has 0 aliphatic rings. The van der Waals surface area contributed by atoms with Crippen LogP contribution in [0.2, 0.25) is 5.15 Å². The van der Waals surface area contributed by atoms with Gasteiger partial charge in [-0.2, -0.15) is 0 Å². The third kappa shape index (κ3) is 2.68. The van der Waals surface area contributed by atoms with Gasteiger partial charge in [0, 0.05) is 0 Å². The molecule has 0 saturated heterocycles. The zero-order chi connectivity index (χ0) is 14.0. The lowest BCUT2D eigenvalue weighted by atomic mass is 10.2. The average Bonchev–Trinajstić information content (AvgIpc) is 2.40. The number of nitrogens with zero attached hydrogens (tertiary/aromatic N) is 2. The fourth-order valence-electron chi connectivity index (χ4n) is 1.60.